The van der Waals surface area contributed by atoms with Crippen molar-refractivity contribution in [1.29, 1.82) is 0 Å². The zero-order chi connectivity index (χ0) is 12.1. The lowest BCUT2D eigenvalue weighted by Crippen LogP contribution is -2.27. The molecule has 4 nitrogen and oxygen atoms in total. The summed E-state index contributed by atoms with van der Waals surface area (Å²) in [4.78, 5) is 0. The maximum absolute atomic E-state index is 9.29. The fourth-order valence-electron chi connectivity index (χ4n) is 1.66. The summed E-state index contributed by atoms with van der Waals surface area (Å²) >= 11 is 0. The molecule has 0 aromatic heterocycles. The van der Waals surface area contributed by atoms with Crippen LogP contribution >= 0.6 is 0 Å². The molecule has 16 heavy (non-hydrogen) atoms. The van der Waals surface area contributed by atoms with Crippen LogP contribution in [0.2, 0.25) is 0 Å². The van der Waals surface area contributed by atoms with Gasteiger partial charge in [0.15, 0.2) is 11.5 Å². The van der Waals surface area contributed by atoms with Crippen LogP contribution < -0.4 is 15.2 Å². The number of benzene rings is 1. The number of hydrogen-bond acceptors (Lipinski definition) is 4. The smallest absolute Gasteiger partial charge is 0.160 e. The summed E-state index contributed by atoms with van der Waals surface area (Å²) in [6, 6.07) is 5.46. The number of nitrogens with two attached hydrogens (primary N) is 1. The van der Waals surface area contributed by atoms with Crippen LogP contribution in [0.15, 0.2) is 18.2 Å². The lowest BCUT2D eigenvalue weighted by atomic mass is 9.93. The lowest BCUT2D eigenvalue weighted by molar-refractivity contribution is 0.251. The van der Waals surface area contributed by atoms with Crippen LogP contribution in [0.25, 0.3) is 0 Å². The molecule has 0 bridgehead atoms. The van der Waals surface area contributed by atoms with E-state index in [9.17, 15) is 5.11 Å². The first-order valence-electron chi connectivity index (χ1n) is 5.22. The zero-order valence-electron chi connectivity index (χ0n) is 9.93. The Bertz CT molecular complexity index is 339. The third-order valence-electron chi connectivity index (χ3n) is 2.67. The molecule has 4 heteroatoms. The SMILES string of the molecule is COc1ccc(C(CO)C(C)N)cc1OC. The van der Waals surface area contributed by atoms with Crippen molar-refractivity contribution < 1.29 is 14.6 Å². The highest BCUT2D eigenvalue weighted by atomic mass is 16.5. The van der Waals surface area contributed by atoms with Crippen LogP contribution in [-0.2, 0) is 0 Å². The van der Waals surface area contributed by atoms with Gasteiger partial charge in [0.2, 0.25) is 0 Å². The molecule has 0 fully saturated rings. The van der Waals surface area contributed by atoms with Gasteiger partial charge < -0.3 is 20.3 Å². The van der Waals surface area contributed by atoms with Gasteiger partial charge in [-0.2, -0.15) is 0 Å². The molecule has 2 atom stereocenters. The van der Waals surface area contributed by atoms with Crippen molar-refractivity contribution in [2.24, 2.45) is 5.73 Å². The minimum absolute atomic E-state index is 0.0210. The number of hydrogen-bond donors (Lipinski definition) is 2. The molecule has 1 rings (SSSR count). The van der Waals surface area contributed by atoms with Crippen molar-refractivity contribution in [2.75, 3.05) is 20.8 Å². The summed E-state index contributed by atoms with van der Waals surface area (Å²) in [5.41, 5.74) is 6.76. The van der Waals surface area contributed by atoms with Crippen LogP contribution in [0, 0.1) is 0 Å². The van der Waals surface area contributed by atoms with Crippen LogP contribution in [0.4, 0.5) is 0 Å². The Kier molecular flexibility index (Phi) is 4.58. The van der Waals surface area contributed by atoms with Crippen molar-refractivity contribution in [2.45, 2.75) is 18.9 Å². The van der Waals surface area contributed by atoms with Crippen molar-refractivity contribution in [3.05, 3.63) is 23.8 Å². The molecule has 3 N–H and O–H groups in total. The summed E-state index contributed by atoms with van der Waals surface area (Å²) in [6.45, 7) is 1.89. The predicted molar refractivity (Wildman–Crippen MR) is 63.0 cm³/mol. The van der Waals surface area contributed by atoms with Gasteiger partial charge >= 0.3 is 0 Å². The number of rotatable bonds is 5. The second kappa shape index (κ2) is 5.72. The van der Waals surface area contributed by atoms with Crippen LogP contribution in [-0.4, -0.2) is 32.0 Å². The standard InChI is InChI=1S/C12H19NO3/c1-8(13)10(7-14)9-4-5-11(15-2)12(6-9)16-3/h4-6,8,10,14H,7,13H2,1-3H3. The van der Waals surface area contributed by atoms with Crippen molar-refractivity contribution >= 4 is 0 Å². The zero-order valence-corrected chi connectivity index (χ0v) is 9.93. The van der Waals surface area contributed by atoms with E-state index < -0.39 is 0 Å². The van der Waals surface area contributed by atoms with Gasteiger partial charge in [-0.15, -0.1) is 0 Å². The lowest BCUT2D eigenvalue weighted by Gasteiger charge is -2.19. The highest BCUT2D eigenvalue weighted by Crippen LogP contribution is 2.31. The summed E-state index contributed by atoms with van der Waals surface area (Å²) < 4.78 is 10.4. The topological polar surface area (TPSA) is 64.7 Å². The summed E-state index contributed by atoms with van der Waals surface area (Å²) in [7, 11) is 3.17. The van der Waals surface area contributed by atoms with Crippen LogP contribution in [0.5, 0.6) is 11.5 Å². The molecule has 0 heterocycles. The molecule has 90 valence electrons. The molecule has 0 saturated carbocycles. The summed E-state index contributed by atoms with van der Waals surface area (Å²) in [6.07, 6.45) is 0. The fourth-order valence-corrected chi connectivity index (χ4v) is 1.66. The van der Waals surface area contributed by atoms with E-state index in [0.29, 0.717) is 11.5 Å². The second-order valence-corrected chi connectivity index (χ2v) is 3.76. The largest absolute Gasteiger partial charge is 0.493 e. The van der Waals surface area contributed by atoms with Gasteiger partial charge in [0.1, 0.15) is 0 Å². The number of ether oxygens (including phenoxy) is 2. The minimum Gasteiger partial charge on any atom is -0.493 e. The molecular weight excluding hydrogens is 206 g/mol. The van der Waals surface area contributed by atoms with Crippen molar-refractivity contribution in [1.82, 2.24) is 0 Å². The predicted octanol–water partition coefficient (Wildman–Crippen LogP) is 1.13. The third kappa shape index (κ3) is 2.65. The molecule has 0 radical (unpaired) electrons. The Balaban J connectivity index is 3.06. The Hall–Kier alpha value is -1.26. The van der Waals surface area contributed by atoms with Crippen LogP contribution in [0.1, 0.15) is 18.4 Å². The monoisotopic (exact) mass is 225 g/mol. The van der Waals surface area contributed by atoms with E-state index in [1.165, 1.54) is 0 Å². The first-order chi connectivity index (χ1) is 7.63. The number of aliphatic hydroxyl groups is 1. The van der Waals surface area contributed by atoms with E-state index in [-0.39, 0.29) is 18.6 Å². The van der Waals surface area contributed by atoms with E-state index in [2.05, 4.69) is 0 Å². The molecular formula is C12H19NO3. The van der Waals surface area contributed by atoms with Gasteiger partial charge in [0, 0.05) is 12.0 Å². The third-order valence-corrected chi connectivity index (χ3v) is 2.67. The molecule has 0 amide bonds. The summed E-state index contributed by atoms with van der Waals surface area (Å²) in [5.74, 6) is 1.24. The first kappa shape index (κ1) is 12.8. The minimum atomic E-state index is -0.108. The normalized spacial score (nSPS) is 14.3. The molecule has 0 aliphatic rings. The Morgan fingerprint density at radius 2 is 1.88 bits per heavy atom. The van der Waals surface area contributed by atoms with Gasteiger partial charge in [0.25, 0.3) is 0 Å². The molecule has 0 spiro atoms. The average molecular weight is 225 g/mol. The molecule has 2 unspecified atom stereocenters. The molecule has 0 saturated heterocycles. The van der Waals surface area contributed by atoms with E-state index in [4.69, 9.17) is 15.2 Å². The van der Waals surface area contributed by atoms with E-state index in [1.807, 2.05) is 25.1 Å². The van der Waals surface area contributed by atoms with Gasteiger partial charge in [-0.25, -0.2) is 0 Å². The maximum atomic E-state index is 9.29. The number of methoxy groups -OCH3 is 2. The summed E-state index contributed by atoms with van der Waals surface area (Å²) in [5, 5.41) is 9.29. The van der Waals surface area contributed by atoms with Crippen molar-refractivity contribution in [3.63, 3.8) is 0 Å². The van der Waals surface area contributed by atoms with E-state index in [0.717, 1.165) is 5.56 Å². The Morgan fingerprint density at radius 1 is 1.25 bits per heavy atom. The fraction of sp³-hybridized carbons (Fsp3) is 0.500. The molecule has 1 aromatic rings. The van der Waals surface area contributed by atoms with Gasteiger partial charge in [0.05, 0.1) is 20.8 Å². The second-order valence-electron chi connectivity index (χ2n) is 3.76. The van der Waals surface area contributed by atoms with Gasteiger partial charge in [-0.05, 0) is 24.6 Å². The first-order valence-corrected chi connectivity index (χ1v) is 5.22. The van der Waals surface area contributed by atoms with Gasteiger partial charge in [-0.1, -0.05) is 6.07 Å². The Morgan fingerprint density at radius 3 is 2.31 bits per heavy atom. The molecule has 0 aliphatic carbocycles. The van der Waals surface area contributed by atoms with Crippen molar-refractivity contribution in [3.8, 4) is 11.5 Å². The highest BCUT2D eigenvalue weighted by molar-refractivity contribution is 5.44. The quantitative estimate of drug-likeness (QED) is 0.788. The van der Waals surface area contributed by atoms with Crippen LogP contribution in [0.3, 0.4) is 0 Å². The number of aliphatic hydroxyl groups excluding tert-OH is 1. The maximum Gasteiger partial charge on any atom is 0.160 e. The molecule has 0 aliphatic heterocycles. The van der Waals surface area contributed by atoms with Gasteiger partial charge in [-0.3, -0.25) is 0 Å². The van der Waals surface area contributed by atoms with E-state index >= 15 is 0 Å². The average Bonchev–Trinajstić information content (AvgIpc) is 2.29. The highest BCUT2D eigenvalue weighted by Gasteiger charge is 2.17. The molecule has 1 aromatic carbocycles. The van der Waals surface area contributed by atoms with E-state index in [1.54, 1.807) is 14.2 Å². The Labute approximate surface area is 96.0 Å².